The predicted octanol–water partition coefficient (Wildman–Crippen LogP) is 0.965. The molecule has 4 nitrogen and oxygen atoms in total. The van der Waals surface area contributed by atoms with E-state index in [0.29, 0.717) is 0 Å². The zero-order valence-corrected chi connectivity index (χ0v) is 6.99. The normalized spacial score (nSPS) is 13.5. The van der Waals surface area contributed by atoms with Crippen molar-refractivity contribution in [2.45, 2.75) is 12.8 Å². The number of aromatic nitrogens is 4. The Labute approximate surface area is 75.1 Å². The standard InChI is InChI=1S/C9H8N4/c1-2-7-9(13-5-11-7)8-6(1)3-10-4-12-8/h3-5H,1-2H2,(H,11,13). The molecule has 0 spiro atoms. The average Bonchev–Trinajstić information content (AvgIpc) is 2.65. The van der Waals surface area contributed by atoms with Gasteiger partial charge < -0.3 is 4.98 Å². The molecule has 0 unspecified atom stereocenters. The largest absolute Gasteiger partial charge is 0.343 e. The summed E-state index contributed by atoms with van der Waals surface area (Å²) in [6.07, 6.45) is 7.16. The second-order valence-corrected chi connectivity index (χ2v) is 3.12. The molecule has 0 saturated heterocycles. The highest BCUT2D eigenvalue weighted by Crippen LogP contribution is 2.27. The Kier molecular flexibility index (Phi) is 1.24. The molecule has 1 aliphatic rings. The number of rotatable bonds is 0. The number of H-pyrrole nitrogens is 1. The first-order valence-corrected chi connectivity index (χ1v) is 4.26. The first-order valence-electron chi connectivity index (χ1n) is 4.26. The van der Waals surface area contributed by atoms with E-state index in [4.69, 9.17) is 0 Å². The molecule has 0 amide bonds. The fourth-order valence-corrected chi connectivity index (χ4v) is 1.74. The van der Waals surface area contributed by atoms with Crippen LogP contribution in [-0.2, 0) is 12.8 Å². The maximum atomic E-state index is 4.25. The van der Waals surface area contributed by atoms with Crippen molar-refractivity contribution >= 4 is 0 Å². The molecule has 0 saturated carbocycles. The molecule has 2 aromatic rings. The lowest BCUT2D eigenvalue weighted by atomic mass is 9.98. The van der Waals surface area contributed by atoms with E-state index in [1.54, 1.807) is 12.7 Å². The highest BCUT2D eigenvalue weighted by molar-refractivity contribution is 5.63. The summed E-state index contributed by atoms with van der Waals surface area (Å²) in [5.74, 6) is 0. The molecule has 4 heteroatoms. The Morgan fingerprint density at radius 3 is 3.23 bits per heavy atom. The zero-order valence-electron chi connectivity index (χ0n) is 6.99. The van der Waals surface area contributed by atoms with E-state index in [0.717, 1.165) is 29.9 Å². The minimum absolute atomic E-state index is 0.985. The van der Waals surface area contributed by atoms with Gasteiger partial charge in [0.25, 0.3) is 0 Å². The number of fused-ring (bicyclic) bond motifs is 3. The van der Waals surface area contributed by atoms with E-state index < -0.39 is 0 Å². The fraction of sp³-hybridized carbons (Fsp3) is 0.222. The third-order valence-corrected chi connectivity index (χ3v) is 2.37. The van der Waals surface area contributed by atoms with Gasteiger partial charge in [-0.1, -0.05) is 0 Å². The van der Waals surface area contributed by atoms with Crippen LogP contribution in [0.25, 0.3) is 11.4 Å². The second-order valence-electron chi connectivity index (χ2n) is 3.12. The van der Waals surface area contributed by atoms with Crippen LogP contribution >= 0.6 is 0 Å². The topological polar surface area (TPSA) is 54.5 Å². The summed E-state index contributed by atoms with van der Waals surface area (Å²) in [5, 5.41) is 0. The Bertz CT molecular complexity index is 446. The van der Waals surface area contributed by atoms with Crippen LogP contribution in [-0.4, -0.2) is 19.9 Å². The monoisotopic (exact) mass is 172 g/mol. The summed E-state index contributed by atoms with van der Waals surface area (Å²) >= 11 is 0. The molecule has 0 aromatic carbocycles. The molecule has 0 bridgehead atoms. The zero-order chi connectivity index (χ0) is 8.67. The molecule has 3 rings (SSSR count). The molecule has 0 radical (unpaired) electrons. The maximum absolute atomic E-state index is 4.25. The van der Waals surface area contributed by atoms with Crippen molar-refractivity contribution in [3.8, 4) is 11.4 Å². The van der Waals surface area contributed by atoms with Crippen LogP contribution in [0.15, 0.2) is 18.9 Å². The molecule has 2 aromatic heterocycles. The van der Waals surface area contributed by atoms with Crippen LogP contribution in [0, 0.1) is 0 Å². The molecule has 0 fully saturated rings. The number of imidazole rings is 1. The van der Waals surface area contributed by atoms with Gasteiger partial charge in [0.05, 0.1) is 23.4 Å². The van der Waals surface area contributed by atoms with Crippen LogP contribution in [0.4, 0.5) is 0 Å². The quantitative estimate of drug-likeness (QED) is 0.644. The van der Waals surface area contributed by atoms with E-state index in [2.05, 4.69) is 19.9 Å². The highest BCUT2D eigenvalue weighted by Gasteiger charge is 2.18. The number of nitrogens with one attached hydrogen (secondary N) is 1. The molecule has 13 heavy (non-hydrogen) atoms. The number of hydrogen-bond donors (Lipinski definition) is 1. The van der Waals surface area contributed by atoms with E-state index in [-0.39, 0.29) is 0 Å². The van der Waals surface area contributed by atoms with Gasteiger partial charge in [0.2, 0.25) is 0 Å². The highest BCUT2D eigenvalue weighted by atomic mass is 14.9. The van der Waals surface area contributed by atoms with Crippen LogP contribution in [0.2, 0.25) is 0 Å². The van der Waals surface area contributed by atoms with Crippen LogP contribution in [0.3, 0.4) is 0 Å². The molecule has 2 heterocycles. The Balaban J connectivity index is 2.30. The molecule has 0 aliphatic heterocycles. The SMILES string of the molecule is c1ncc2c(n1)-c1[nH]cnc1CC2. The van der Waals surface area contributed by atoms with Gasteiger partial charge in [0.1, 0.15) is 6.33 Å². The van der Waals surface area contributed by atoms with Gasteiger partial charge in [-0.3, -0.25) is 0 Å². The summed E-state index contributed by atoms with van der Waals surface area (Å²) in [6, 6.07) is 0. The minimum atomic E-state index is 0.985. The summed E-state index contributed by atoms with van der Waals surface area (Å²) in [6.45, 7) is 0. The molecule has 1 aliphatic carbocycles. The van der Waals surface area contributed by atoms with Crippen LogP contribution in [0.5, 0.6) is 0 Å². The van der Waals surface area contributed by atoms with Crippen molar-refractivity contribution in [3.05, 3.63) is 30.1 Å². The number of hydrogen-bond acceptors (Lipinski definition) is 3. The third-order valence-electron chi connectivity index (χ3n) is 2.37. The first-order chi connectivity index (χ1) is 6.45. The smallest absolute Gasteiger partial charge is 0.116 e. The Morgan fingerprint density at radius 1 is 1.23 bits per heavy atom. The lowest BCUT2D eigenvalue weighted by Crippen LogP contribution is -2.05. The van der Waals surface area contributed by atoms with Crippen molar-refractivity contribution in [1.82, 2.24) is 19.9 Å². The summed E-state index contributed by atoms with van der Waals surface area (Å²) < 4.78 is 0. The van der Waals surface area contributed by atoms with Gasteiger partial charge in [0, 0.05) is 6.20 Å². The van der Waals surface area contributed by atoms with Crippen molar-refractivity contribution in [3.63, 3.8) is 0 Å². The maximum Gasteiger partial charge on any atom is 0.116 e. The van der Waals surface area contributed by atoms with Gasteiger partial charge in [-0.25, -0.2) is 15.0 Å². The van der Waals surface area contributed by atoms with Crippen molar-refractivity contribution in [2.24, 2.45) is 0 Å². The third kappa shape index (κ3) is 0.884. The van der Waals surface area contributed by atoms with E-state index >= 15 is 0 Å². The molecular formula is C9H8N4. The Morgan fingerprint density at radius 2 is 2.23 bits per heavy atom. The predicted molar refractivity (Wildman–Crippen MR) is 47.0 cm³/mol. The second kappa shape index (κ2) is 2.39. The van der Waals surface area contributed by atoms with Crippen molar-refractivity contribution in [2.75, 3.05) is 0 Å². The lowest BCUT2D eigenvalue weighted by molar-refractivity contribution is 0.883. The molecule has 64 valence electrons. The van der Waals surface area contributed by atoms with E-state index in [1.807, 2.05) is 6.20 Å². The van der Waals surface area contributed by atoms with Crippen LogP contribution < -0.4 is 0 Å². The first kappa shape index (κ1) is 6.77. The number of nitrogens with zero attached hydrogens (tertiary/aromatic N) is 3. The van der Waals surface area contributed by atoms with Gasteiger partial charge in [-0.2, -0.15) is 0 Å². The van der Waals surface area contributed by atoms with Gasteiger partial charge >= 0.3 is 0 Å². The fourth-order valence-electron chi connectivity index (χ4n) is 1.74. The molecule has 0 atom stereocenters. The van der Waals surface area contributed by atoms with Gasteiger partial charge in [-0.05, 0) is 18.4 Å². The number of aryl methyl sites for hydroxylation is 2. The van der Waals surface area contributed by atoms with Crippen molar-refractivity contribution < 1.29 is 0 Å². The van der Waals surface area contributed by atoms with E-state index in [9.17, 15) is 0 Å². The lowest BCUT2D eigenvalue weighted by Gasteiger charge is -2.12. The average molecular weight is 172 g/mol. The van der Waals surface area contributed by atoms with E-state index in [1.165, 1.54) is 5.56 Å². The molecular weight excluding hydrogens is 164 g/mol. The summed E-state index contributed by atoms with van der Waals surface area (Å²) in [7, 11) is 0. The number of aromatic amines is 1. The summed E-state index contributed by atoms with van der Waals surface area (Å²) in [5.41, 5.74) is 4.39. The van der Waals surface area contributed by atoms with Gasteiger partial charge in [0.15, 0.2) is 0 Å². The van der Waals surface area contributed by atoms with Gasteiger partial charge in [-0.15, -0.1) is 0 Å². The van der Waals surface area contributed by atoms with Crippen molar-refractivity contribution in [1.29, 1.82) is 0 Å². The molecule has 1 N–H and O–H groups in total. The van der Waals surface area contributed by atoms with Crippen LogP contribution in [0.1, 0.15) is 11.3 Å². The Hall–Kier alpha value is -1.71. The summed E-state index contributed by atoms with van der Waals surface area (Å²) in [4.78, 5) is 15.6. The minimum Gasteiger partial charge on any atom is -0.343 e.